The molecule has 1 aliphatic heterocycles. The molecule has 0 unspecified atom stereocenters. The summed E-state index contributed by atoms with van der Waals surface area (Å²) >= 11 is 12.3. The van der Waals surface area contributed by atoms with E-state index in [1.807, 2.05) is 57.2 Å². The van der Waals surface area contributed by atoms with Crippen LogP contribution < -0.4 is 30.3 Å². The van der Waals surface area contributed by atoms with Crippen molar-refractivity contribution in [2.45, 2.75) is 46.6 Å². The summed E-state index contributed by atoms with van der Waals surface area (Å²) in [5.41, 5.74) is 8.56. The molecule has 268 valence electrons. The molecule has 2 amide bonds. The van der Waals surface area contributed by atoms with E-state index in [1.54, 1.807) is 43.5 Å². The largest absolute Gasteiger partial charge is 0.490 e. The standard InChI is InChI=1S/C37H39Cl2N5O7/c1-6-49-32-16-24(35-34(36(46)48-5)22(3)41-37(47)42-35)8-14-31(32)51-20-33(45)43-40-18-26-15-21(2)44(23(26)4)28-10-12-29(13-11-28)50-19-25-7-9-27(38)17-30(25)39/h7-18,33,35,43,45H,6,19-20H2,1-5H3,(H2,41,42,47)/b40-18+/t33-,35+/m1/s1. The molecule has 2 atom stereocenters. The lowest BCUT2D eigenvalue weighted by atomic mass is 9.95. The second kappa shape index (κ2) is 16.7. The molecule has 0 spiro atoms. The number of nitrogens with zero attached hydrogens (tertiary/aromatic N) is 2. The molecule has 3 aromatic carbocycles. The van der Waals surface area contributed by atoms with Crippen molar-refractivity contribution in [3.05, 3.63) is 116 Å². The highest BCUT2D eigenvalue weighted by atomic mass is 35.5. The van der Waals surface area contributed by atoms with Crippen molar-refractivity contribution in [1.29, 1.82) is 0 Å². The van der Waals surface area contributed by atoms with Crippen molar-refractivity contribution in [2.24, 2.45) is 5.10 Å². The van der Waals surface area contributed by atoms with Gasteiger partial charge in [-0.15, -0.1) is 0 Å². The number of urea groups is 1. The van der Waals surface area contributed by atoms with Crippen LogP contribution in [-0.2, 0) is 16.1 Å². The maximum atomic E-state index is 12.5. The van der Waals surface area contributed by atoms with Gasteiger partial charge < -0.3 is 39.3 Å². The summed E-state index contributed by atoms with van der Waals surface area (Å²) in [7, 11) is 1.28. The summed E-state index contributed by atoms with van der Waals surface area (Å²) in [5.74, 6) is 0.865. The number of allylic oxidation sites excluding steroid dienone is 1. The van der Waals surface area contributed by atoms with E-state index in [0.29, 0.717) is 51.8 Å². The quantitative estimate of drug-likeness (QED) is 0.0497. The van der Waals surface area contributed by atoms with E-state index in [-0.39, 0.29) is 12.2 Å². The molecule has 0 radical (unpaired) electrons. The number of nitrogens with one attached hydrogen (secondary N) is 3. The maximum Gasteiger partial charge on any atom is 0.337 e. The Hall–Kier alpha value is -5.17. The number of aliphatic hydroxyl groups is 1. The number of hydrazone groups is 1. The van der Waals surface area contributed by atoms with Crippen LogP contribution >= 0.6 is 23.2 Å². The normalized spacial score (nSPS) is 14.9. The van der Waals surface area contributed by atoms with E-state index in [0.717, 1.165) is 28.2 Å². The van der Waals surface area contributed by atoms with Crippen LogP contribution in [0.1, 0.15) is 48.0 Å². The number of hydrogen-bond donors (Lipinski definition) is 4. The van der Waals surface area contributed by atoms with Crippen LogP contribution in [0, 0.1) is 13.8 Å². The molecule has 51 heavy (non-hydrogen) atoms. The Morgan fingerprint density at radius 2 is 1.78 bits per heavy atom. The molecule has 0 fully saturated rings. The van der Waals surface area contributed by atoms with E-state index in [1.165, 1.54) is 7.11 Å². The molecule has 4 N–H and O–H groups in total. The predicted molar refractivity (Wildman–Crippen MR) is 195 cm³/mol. The summed E-state index contributed by atoms with van der Waals surface area (Å²) in [6, 6.07) is 18.9. The first-order valence-corrected chi connectivity index (χ1v) is 16.8. The van der Waals surface area contributed by atoms with Gasteiger partial charge in [0.15, 0.2) is 17.7 Å². The van der Waals surface area contributed by atoms with Gasteiger partial charge in [0.1, 0.15) is 19.0 Å². The van der Waals surface area contributed by atoms with Crippen molar-refractivity contribution in [3.8, 4) is 22.9 Å². The third-order valence-electron chi connectivity index (χ3n) is 8.07. The molecular weight excluding hydrogens is 697 g/mol. The highest BCUT2D eigenvalue weighted by Crippen LogP contribution is 2.35. The number of halogens is 2. The lowest BCUT2D eigenvalue weighted by molar-refractivity contribution is -0.136. The third kappa shape index (κ3) is 8.95. The highest BCUT2D eigenvalue weighted by Gasteiger charge is 2.32. The van der Waals surface area contributed by atoms with Gasteiger partial charge in [0.25, 0.3) is 0 Å². The fourth-order valence-corrected chi connectivity index (χ4v) is 6.08. The first kappa shape index (κ1) is 37.1. The zero-order valence-corrected chi connectivity index (χ0v) is 30.3. The monoisotopic (exact) mass is 735 g/mol. The first-order valence-electron chi connectivity index (χ1n) is 16.1. The van der Waals surface area contributed by atoms with Crippen LogP contribution in [0.4, 0.5) is 4.79 Å². The Kier molecular flexibility index (Phi) is 12.1. The molecule has 1 aliphatic rings. The molecule has 0 aliphatic carbocycles. The Labute approximate surface area is 305 Å². The van der Waals surface area contributed by atoms with Crippen molar-refractivity contribution < 1.29 is 33.6 Å². The average molecular weight is 737 g/mol. The smallest absolute Gasteiger partial charge is 0.337 e. The summed E-state index contributed by atoms with van der Waals surface area (Å²) < 4.78 is 24.6. The number of aryl methyl sites for hydroxylation is 1. The number of rotatable bonds is 14. The van der Waals surface area contributed by atoms with Gasteiger partial charge in [-0.1, -0.05) is 35.3 Å². The van der Waals surface area contributed by atoms with Crippen LogP contribution in [0.15, 0.2) is 83.1 Å². The Bertz CT molecular complexity index is 1960. The summed E-state index contributed by atoms with van der Waals surface area (Å²) in [5, 5.41) is 21.3. The minimum Gasteiger partial charge on any atom is -0.490 e. The topological polar surface area (TPSA) is 145 Å². The van der Waals surface area contributed by atoms with Crippen molar-refractivity contribution in [1.82, 2.24) is 20.6 Å². The molecule has 12 nitrogen and oxygen atoms in total. The second-order valence-electron chi connectivity index (χ2n) is 11.6. The first-order chi connectivity index (χ1) is 24.5. The Morgan fingerprint density at radius 3 is 2.49 bits per heavy atom. The van der Waals surface area contributed by atoms with Crippen molar-refractivity contribution in [2.75, 3.05) is 20.3 Å². The van der Waals surface area contributed by atoms with Gasteiger partial charge in [0, 0.05) is 43.9 Å². The van der Waals surface area contributed by atoms with E-state index >= 15 is 0 Å². The predicted octanol–water partition coefficient (Wildman–Crippen LogP) is 6.50. The molecule has 0 saturated heterocycles. The molecule has 4 aromatic rings. The number of aromatic nitrogens is 1. The number of esters is 1. The van der Waals surface area contributed by atoms with Gasteiger partial charge in [-0.05, 0) is 87.9 Å². The molecule has 0 bridgehead atoms. The molecular formula is C37H39Cl2N5O7. The van der Waals surface area contributed by atoms with Crippen LogP contribution in [0.25, 0.3) is 5.69 Å². The minimum atomic E-state index is -1.14. The number of carbonyl (C=O) groups excluding carboxylic acids is 2. The van der Waals surface area contributed by atoms with Gasteiger partial charge in [0.05, 0.1) is 31.5 Å². The van der Waals surface area contributed by atoms with Gasteiger partial charge >= 0.3 is 12.0 Å². The van der Waals surface area contributed by atoms with E-state index in [9.17, 15) is 14.7 Å². The van der Waals surface area contributed by atoms with Crippen LogP contribution in [-0.4, -0.2) is 54.4 Å². The van der Waals surface area contributed by atoms with Crippen molar-refractivity contribution in [3.63, 3.8) is 0 Å². The minimum absolute atomic E-state index is 0.148. The number of ether oxygens (including phenoxy) is 4. The number of hydrogen-bond acceptors (Lipinski definition) is 9. The lowest BCUT2D eigenvalue weighted by Gasteiger charge is -2.28. The summed E-state index contributed by atoms with van der Waals surface area (Å²) in [6.45, 7) is 7.94. The number of carbonyl (C=O) groups is 2. The Morgan fingerprint density at radius 1 is 1.02 bits per heavy atom. The van der Waals surface area contributed by atoms with Gasteiger partial charge in [-0.3, -0.25) is 5.43 Å². The highest BCUT2D eigenvalue weighted by molar-refractivity contribution is 6.35. The van der Waals surface area contributed by atoms with Gasteiger partial charge in [-0.25, -0.2) is 9.59 Å². The molecule has 5 rings (SSSR count). The summed E-state index contributed by atoms with van der Waals surface area (Å²) in [4.78, 5) is 24.7. The Balaban J connectivity index is 1.19. The van der Waals surface area contributed by atoms with Gasteiger partial charge in [0.2, 0.25) is 0 Å². The zero-order chi connectivity index (χ0) is 36.7. The van der Waals surface area contributed by atoms with Gasteiger partial charge in [-0.2, -0.15) is 5.10 Å². The fraction of sp³-hybridized carbons (Fsp3) is 0.270. The number of methoxy groups -OCH3 is 1. The summed E-state index contributed by atoms with van der Waals surface area (Å²) in [6.07, 6.45) is 0.492. The number of benzene rings is 3. The zero-order valence-electron chi connectivity index (χ0n) is 28.8. The molecule has 0 saturated carbocycles. The van der Waals surface area contributed by atoms with Crippen LogP contribution in [0.5, 0.6) is 17.2 Å². The molecule has 14 heteroatoms. The lowest BCUT2D eigenvalue weighted by Crippen LogP contribution is -2.45. The van der Waals surface area contributed by atoms with Crippen LogP contribution in [0.3, 0.4) is 0 Å². The second-order valence-corrected chi connectivity index (χ2v) is 12.4. The number of aliphatic hydroxyl groups excluding tert-OH is 1. The van der Waals surface area contributed by atoms with Crippen molar-refractivity contribution >= 4 is 41.4 Å². The number of amides is 2. The fourth-order valence-electron chi connectivity index (χ4n) is 5.62. The maximum absolute atomic E-state index is 12.5. The SMILES string of the molecule is CCOc1cc([C@@H]2NC(=O)NC(C)=C2C(=O)OC)ccc1OC[C@@H](O)N/N=C/c1cc(C)n(-c2ccc(OCc3ccc(Cl)cc3Cl)cc2)c1C. The molecule has 2 heterocycles. The van der Waals surface area contributed by atoms with Crippen LogP contribution in [0.2, 0.25) is 10.0 Å². The molecule has 1 aromatic heterocycles. The third-order valence-corrected chi connectivity index (χ3v) is 8.66. The average Bonchev–Trinajstić information content (AvgIpc) is 3.38. The van der Waals surface area contributed by atoms with E-state index < -0.39 is 24.3 Å². The van der Waals surface area contributed by atoms with E-state index in [4.69, 9.17) is 42.1 Å². The van der Waals surface area contributed by atoms with E-state index in [2.05, 4.69) is 25.7 Å².